The van der Waals surface area contributed by atoms with Crippen LogP contribution in [0.1, 0.15) is 45.8 Å². The van der Waals surface area contributed by atoms with Gasteiger partial charge in [-0.25, -0.2) is 10.1 Å². The van der Waals surface area contributed by atoms with E-state index in [-0.39, 0.29) is 0 Å². The summed E-state index contributed by atoms with van der Waals surface area (Å²) in [7, 11) is 0. The molecule has 0 saturated carbocycles. The van der Waals surface area contributed by atoms with Crippen molar-refractivity contribution >= 4 is 87.5 Å². The van der Waals surface area contributed by atoms with E-state index in [0.717, 1.165) is 25.7 Å². The lowest BCUT2D eigenvalue weighted by Crippen LogP contribution is -2.27. The van der Waals surface area contributed by atoms with Gasteiger partial charge < -0.3 is 0 Å². The Hall–Kier alpha value is -2.72. The Morgan fingerprint density at radius 2 is 1.00 bits per heavy atom. The van der Waals surface area contributed by atoms with Crippen molar-refractivity contribution in [1.82, 2.24) is 0 Å². The topological polar surface area (TPSA) is 24.9 Å². The molecule has 2 saturated heterocycles. The number of anilines is 2. The number of hydrogen-bond acceptors (Lipinski definition) is 6. The smallest absolute Gasteiger partial charge is 0.0933 e. The number of hydroxylamine groups is 2. The predicted octanol–water partition coefficient (Wildman–Crippen LogP) is 10.9. The third-order valence-electron chi connectivity index (χ3n) is 9.21. The summed E-state index contributed by atoms with van der Waals surface area (Å²) in [5.74, 6) is 0. The van der Waals surface area contributed by atoms with E-state index in [1.165, 1.54) is 61.4 Å². The summed E-state index contributed by atoms with van der Waals surface area (Å²) in [5.41, 5.74) is 5.35. The fourth-order valence-corrected chi connectivity index (χ4v) is 10.4. The van der Waals surface area contributed by atoms with Gasteiger partial charge in [0, 0.05) is 46.2 Å². The van der Waals surface area contributed by atoms with E-state index in [9.17, 15) is 0 Å². The quantitative estimate of drug-likeness (QED) is 0.176. The highest BCUT2D eigenvalue weighted by molar-refractivity contribution is 9.11. The molecule has 2 aromatic heterocycles. The Morgan fingerprint density at radius 1 is 0.545 bits per heavy atom. The Balaban J connectivity index is 0.000000123. The van der Waals surface area contributed by atoms with Gasteiger partial charge in [-0.1, -0.05) is 72.8 Å². The van der Waals surface area contributed by atoms with Gasteiger partial charge in [0.1, 0.15) is 0 Å². The van der Waals surface area contributed by atoms with E-state index in [0.29, 0.717) is 24.3 Å². The van der Waals surface area contributed by atoms with Gasteiger partial charge in [0.2, 0.25) is 0 Å². The normalized spacial score (nSPS) is 23.0. The number of nitrogens with zero attached hydrogens (tertiary/aromatic N) is 2. The number of thiophene rings is 2. The fourth-order valence-electron chi connectivity index (χ4n) is 7.32. The fraction of sp³-hybridized carbons (Fsp3) is 0.222. The van der Waals surface area contributed by atoms with Crippen molar-refractivity contribution in [1.29, 1.82) is 0 Å². The van der Waals surface area contributed by atoms with E-state index in [4.69, 9.17) is 9.68 Å². The number of benzene rings is 4. The van der Waals surface area contributed by atoms with Crippen LogP contribution < -0.4 is 10.1 Å². The largest absolute Gasteiger partial charge is 0.269 e. The summed E-state index contributed by atoms with van der Waals surface area (Å²) < 4.78 is 2.37. The number of fused-ring (bicyclic) bond motifs is 12. The lowest BCUT2D eigenvalue weighted by atomic mass is 9.99. The first-order valence-corrected chi connectivity index (χ1v) is 18.2. The van der Waals surface area contributed by atoms with E-state index in [1.807, 2.05) is 22.7 Å². The molecule has 4 aromatic carbocycles. The average molecular weight is 745 g/mol. The zero-order valence-electron chi connectivity index (χ0n) is 23.7. The minimum absolute atomic E-state index is 0.305. The van der Waals surface area contributed by atoms with Gasteiger partial charge in [-0.3, -0.25) is 9.68 Å². The molecule has 0 aliphatic carbocycles. The molecule has 44 heavy (non-hydrogen) atoms. The highest BCUT2D eigenvalue weighted by atomic mass is 79.9. The Bertz CT molecular complexity index is 1890. The summed E-state index contributed by atoms with van der Waals surface area (Å²) in [6.45, 7) is 0. The lowest BCUT2D eigenvalue weighted by molar-refractivity contribution is 0.0740. The van der Waals surface area contributed by atoms with Crippen LogP contribution in [-0.2, 0) is 22.5 Å². The SMILES string of the molecule is Brc1ccc([C@H]2C[C@@H]3Cc4ccc5ccccc5c4N2O3)s1.Brc1ccc([C@H]2C[C@@H]3Cc4ccc5ccccc5c4N2O3)s1. The highest BCUT2D eigenvalue weighted by Crippen LogP contribution is 2.50. The van der Waals surface area contributed by atoms with Crippen LogP contribution in [0.25, 0.3) is 21.5 Å². The maximum atomic E-state index is 6.23. The minimum atomic E-state index is 0.305. The molecular formula is C36H28Br2N2O2S2. The third-order valence-corrected chi connectivity index (χ3v) is 12.7. The zero-order chi connectivity index (χ0) is 29.4. The monoisotopic (exact) mass is 742 g/mol. The van der Waals surface area contributed by atoms with E-state index < -0.39 is 0 Å². The van der Waals surface area contributed by atoms with Crippen LogP contribution in [0.3, 0.4) is 0 Å². The van der Waals surface area contributed by atoms with Crippen LogP contribution in [0.2, 0.25) is 0 Å². The van der Waals surface area contributed by atoms with Crippen molar-refractivity contribution < 1.29 is 9.68 Å². The van der Waals surface area contributed by atoms with Gasteiger partial charge >= 0.3 is 0 Å². The lowest BCUT2D eigenvalue weighted by Gasteiger charge is -2.31. The summed E-state index contributed by atoms with van der Waals surface area (Å²) in [4.78, 5) is 15.2. The van der Waals surface area contributed by atoms with Gasteiger partial charge in [0.25, 0.3) is 0 Å². The summed E-state index contributed by atoms with van der Waals surface area (Å²) in [5, 5.41) is 9.48. The Labute approximate surface area is 281 Å². The predicted molar refractivity (Wildman–Crippen MR) is 189 cm³/mol. The molecule has 220 valence electrons. The molecule has 10 rings (SSSR count). The van der Waals surface area contributed by atoms with E-state index in [2.05, 4.69) is 139 Å². The summed E-state index contributed by atoms with van der Waals surface area (Å²) >= 11 is 10.8. The molecule has 6 heterocycles. The number of hydrogen-bond donors (Lipinski definition) is 0. The number of halogens is 2. The van der Waals surface area contributed by atoms with E-state index >= 15 is 0 Å². The maximum Gasteiger partial charge on any atom is 0.0933 e. The second kappa shape index (κ2) is 11.0. The zero-order valence-corrected chi connectivity index (χ0v) is 28.5. The molecule has 4 nitrogen and oxygen atoms in total. The molecule has 4 aliphatic heterocycles. The van der Waals surface area contributed by atoms with Crippen molar-refractivity contribution in [2.75, 3.05) is 10.1 Å². The maximum absolute atomic E-state index is 6.23. The van der Waals surface area contributed by atoms with Gasteiger partial charge in [-0.05, 0) is 78.0 Å². The third kappa shape index (κ3) is 4.65. The van der Waals surface area contributed by atoms with Crippen molar-refractivity contribution in [2.24, 2.45) is 0 Å². The Morgan fingerprint density at radius 3 is 1.43 bits per heavy atom. The first-order chi connectivity index (χ1) is 21.6. The molecular weight excluding hydrogens is 716 g/mol. The molecule has 2 fully saturated rings. The van der Waals surface area contributed by atoms with Crippen LogP contribution in [0, 0.1) is 0 Å². The van der Waals surface area contributed by atoms with Crippen molar-refractivity contribution in [3.05, 3.63) is 126 Å². The van der Waals surface area contributed by atoms with Crippen molar-refractivity contribution in [3.63, 3.8) is 0 Å². The number of rotatable bonds is 2. The molecule has 0 spiro atoms. The van der Waals surface area contributed by atoms with Crippen molar-refractivity contribution in [2.45, 2.75) is 50.0 Å². The Kier molecular flexibility index (Phi) is 6.87. The van der Waals surface area contributed by atoms with Gasteiger partial charge in [-0.2, -0.15) is 0 Å². The minimum Gasteiger partial charge on any atom is -0.269 e. The molecule has 0 amide bonds. The standard InChI is InChI=1S/2C18H14BrNOS/c2*19-17-8-7-16(22-17)15-10-13-9-12-6-5-11-3-1-2-4-14(11)18(12)20(15)21-13/h2*1-8,13,15H,9-10H2/t2*13-,15+/m00/s1. The summed E-state index contributed by atoms with van der Waals surface area (Å²) in [6, 6.07) is 35.5. The van der Waals surface area contributed by atoms with Crippen LogP contribution in [0.4, 0.5) is 11.4 Å². The second-order valence-electron chi connectivity index (χ2n) is 11.9. The van der Waals surface area contributed by atoms with Crippen LogP contribution in [0.5, 0.6) is 0 Å². The molecule has 0 N–H and O–H groups in total. The molecule has 4 aliphatic rings. The average Bonchev–Trinajstić information content (AvgIpc) is 3.83. The first-order valence-electron chi connectivity index (χ1n) is 15.0. The van der Waals surface area contributed by atoms with Crippen LogP contribution in [-0.4, -0.2) is 12.2 Å². The summed E-state index contributed by atoms with van der Waals surface area (Å²) in [6.07, 6.45) is 4.77. The van der Waals surface area contributed by atoms with Crippen LogP contribution in [0.15, 0.2) is 105 Å². The van der Waals surface area contributed by atoms with Crippen LogP contribution >= 0.6 is 54.5 Å². The molecule has 8 heteroatoms. The highest BCUT2D eigenvalue weighted by Gasteiger charge is 2.42. The second-order valence-corrected chi connectivity index (χ2v) is 16.9. The van der Waals surface area contributed by atoms with E-state index in [1.54, 1.807) is 0 Å². The molecule has 4 bridgehead atoms. The molecule has 6 aromatic rings. The molecule has 4 atom stereocenters. The van der Waals surface area contributed by atoms with Gasteiger partial charge in [0.05, 0.1) is 43.2 Å². The molecule has 0 radical (unpaired) electrons. The van der Waals surface area contributed by atoms with Gasteiger partial charge in [-0.15, -0.1) is 22.7 Å². The first kappa shape index (κ1) is 27.6. The molecule has 0 unspecified atom stereocenters. The van der Waals surface area contributed by atoms with Gasteiger partial charge in [0.15, 0.2) is 0 Å². The van der Waals surface area contributed by atoms with Crippen molar-refractivity contribution in [3.8, 4) is 0 Å².